The Morgan fingerprint density at radius 1 is 1.00 bits per heavy atom. The number of nitrogens with zero attached hydrogens (tertiary/aromatic N) is 1. The lowest BCUT2D eigenvalue weighted by Gasteiger charge is -2.14. The van der Waals surface area contributed by atoms with Crippen LogP contribution in [0.3, 0.4) is 0 Å². The van der Waals surface area contributed by atoms with E-state index in [1.807, 2.05) is 12.1 Å². The molecule has 2 aromatic carbocycles. The van der Waals surface area contributed by atoms with Gasteiger partial charge in [0.15, 0.2) is 0 Å². The summed E-state index contributed by atoms with van der Waals surface area (Å²) < 4.78 is 0. The molecule has 0 amide bonds. The van der Waals surface area contributed by atoms with Gasteiger partial charge in [-0.25, -0.2) is 0 Å². The zero-order valence-electron chi connectivity index (χ0n) is 11.8. The van der Waals surface area contributed by atoms with E-state index >= 15 is 0 Å². The van der Waals surface area contributed by atoms with Crippen LogP contribution in [0.5, 0.6) is 0 Å². The molecule has 0 aliphatic carbocycles. The minimum Gasteiger partial charge on any atom is -0.198 e. The van der Waals surface area contributed by atoms with Gasteiger partial charge in [0.25, 0.3) is 0 Å². The highest BCUT2D eigenvalue weighted by molar-refractivity contribution is 5.38. The summed E-state index contributed by atoms with van der Waals surface area (Å²) in [6.45, 7) is 6.26. The first-order valence-corrected chi connectivity index (χ1v) is 6.63. The molecule has 0 aliphatic rings. The molecule has 1 unspecified atom stereocenters. The molecule has 0 radical (unpaired) electrons. The van der Waals surface area contributed by atoms with Crippen molar-refractivity contribution >= 4 is 0 Å². The summed E-state index contributed by atoms with van der Waals surface area (Å²) in [5.41, 5.74) is 6.09. The fourth-order valence-corrected chi connectivity index (χ4v) is 2.42. The van der Waals surface area contributed by atoms with Crippen molar-refractivity contribution in [1.82, 2.24) is 0 Å². The summed E-state index contributed by atoms with van der Waals surface area (Å²) in [5, 5.41) is 9.50. The molecule has 96 valence electrons. The summed E-state index contributed by atoms with van der Waals surface area (Å²) in [6.07, 6.45) is 0.785. The molecule has 0 aromatic heterocycles. The van der Waals surface area contributed by atoms with Crippen molar-refractivity contribution in [3.05, 3.63) is 70.3 Å². The minimum atomic E-state index is -0.0685. The summed E-state index contributed by atoms with van der Waals surface area (Å²) in [6, 6.07) is 17.1. The molecule has 0 aliphatic heterocycles. The molecular formula is C18H19N. The van der Waals surface area contributed by atoms with Crippen LogP contribution in [-0.4, -0.2) is 0 Å². The van der Waals surface area contributed by atoms with Crippen molar-refractivity contribution < 1.29 is 0 Å². The van der Waals surface area contributed by atoms with Crippen LogP contribution in [0.15, 0.2) is 42.5 Å². The average Bonchev–Trinajstić information content (AvgIpc) is 2.41. The van der Waals surface area contributed by atoms with Gasteiger partial charge in [-0.05, 0) is 49.4 Å². The molecule has 1 nitrogen and oxygen atoms in total. The second-order valence-corrected chi connectivity index (χ2v) is 5.17. The quantitative estimate of drug-likeness (QED) is 0.787. The van der Waals surface area contributed by atoms with Gasteiger partial charge in [-0.15, -0.1) is 0 Å². The Morgan fingerprint density at radius 3 is 2.42 bits per heavy atom. The summed E-state index contributed by atoms with van der Waals surface area (Å²) in [4.78, 5) is 0. The van der Waals surface area contributed by atoms with Crippen LogP contribution in [0.2, 0.25) is 0 Å². The first-order valence-electron chi connectivity index (χ1n) is 6.63. The van der Waals surface area contributed by atoms with Crippen molar-refractivity contribution in [2.45, 2.75) is 33.1 Å². The van der Waals surface area contributed by atoms with Gasteiger partial charge >= 0.3 is 0 Å². The van der Waals surface area contributed by atoms with E-state index in [1.165, 1.54) is 22.3 Å². The average molecular weight is 249 g/mol. The molecule has 0 N–H and O–H groups in total. The standard InChI is InChI=1S/C18H19N/c1-13-8-9-15(3)18(10-13)17(12-19)11-16-7-5-4-6-14(16)2/h4-10,17H,11H2,1-3H3. The SMILES string of the molecule is Cc1ccc(C)c(C(C#N)Cc2ccccc2C)c1. The molecule has 0 saturated carbocycles. The molecule has 1 heteroatoms. The Balaban J connectivity index is 2.34. The maximum Gasteiger partial charge on any atom is 0.0755 e. The first kappa shape index (κ1) is 13.4. The normalized spacial score (nSPS) is 11.9. The molecule has 0 fully saturated rings. The highest BCUT2D eigenvalue weighted by Gasteiger charge is 2.15. The number of aryl methyl sites for hydroxylation is 3. The van der Waals surface area contributed by atoms with Crippen molar-refractivity contribution in [3.8, 4) is 6.07 Å². The Bertz CT molecular complexity index is 620. The van der Waals surface area contributed by atoms with Gasteiger partial charge in [0.1, 0.15) is 0 Å². The third-order valence-corrected chi connectivity index (χ3v) is 3.65. The zero-order chi connectivity index (χ0) is 13.8. The monoisotopic (exact) mass is 249 g/mol. The van der Waals surface area contributed by atoms with Gasteiger partial charge in [0, 0.05) is 0 Å². The maximum atomic E-state index is 9.50. The van der Waals surface area contributed by atoms with Crippen LogP contribution in [0.1, 0.15) is 33.7 Å². The van der Waals surface area contributed by atoms with Gasteiger partial charge in [0.05, 0.1) is 12.0 Å². The van der Waals surface area contributed by atoms with E-state index in [-0.39, 0.29) is 5.92 Å². The third kappa shape index (κ3) is 3.03. The third-order valence-electron chi connectivity index (χ3n) is 3.65. The molecular weight excluding hydrogens is 230 g/mol. The van der Waals surface area contributed by atoms with E-state index in [0.717, 1.165) is 12.0 Å². The first-order chi connectivity index (χ1) is 9.11. The van der Waals surface area contributed by atoms with E-state index in [4.69, 9.17) is 0 Å². The van der Waals surface area contributed by atoms with Crippen LogP contribution >= 0.6 is 0 Å². The molecule has 19 heavy (non-hydrogen) atoms. The summed E-state index contributed by atoms with van der Waals surface area (Å²) in [7, 11) is 0. The molecule has 2 aromatic rings. The number of nitriles is 1. The van der Waals surface area contributed by atoms with Crippen molar-refractivity contribution in [1.29, 1.82) is 5.26 Å². The highest BCUT2D eigenvalue weighted by Crippen LogP contribution is 2.25. The Morgan fingerprint density at radius 2 is 1.74 bits per heavy atom. The van der Waals surface area contributed by atoms with Gasteiger partial charge < -0.3 is 0 Å². The largest absolute Gasteiger partial charge is 0.198 e. The van der Waals surface area contributed by atoms with Crippen molar-refractivity contribution in [2.75, 3.05) is 0 Å². The van der Waals surface area contributed by atoms with Crippen molar-refractivity contribution in [3.63, 3.8) is 0 Å². The summed E-state index contributed by atoms with van der Waals surface area (Å²) >= 11 is 0. The van der Waals surface area contributed by atoms with E-state index in [2.05, 4.69) is 57.2 Å². The second-order valence-electron chi connectivity index (χ2n) is 5.17. The molecule has 0 saturated heterocycles. The molecule has 2 rings (SSSR count). The smallest absolute Gasteiger partial charge is 0.0755 e. The molecule has 1 atom stereocenters. The van der Waals surface area contributed by atoms with Crippen LogP contribution in [0, 0.1) is 32.1 Å². The van der Waals surface area contributed by atoms with Gasteiger partial charge in [-0.2, -0.15) is 5.26 Å². The van der Waals surface area contributed by atoms with E-state index in [0.29, 0.717) is 0 Å². The maximum absolute atomic E-state index is 9.50. The predicted octanol–water partition coefficient (Wildman–Crippen LogP) is 4.46. The fourth-order valence-electron chi connectivity index (χ4n) is 2.42. The van der Waals surface area contributed by atoms with Crippen LogP contribution < -0.4 is 0 Å². The lowest BCUT2D eigenvalue weighted by Crippen LogP contribution is -2.04. The second kappa shape index (κ2) is 5.71. The van der Waals surface area contributed by atoms with Crippen LogP contribution in [0.25, 0.3) is 0 Å². The van der Waals surface area contributed by atoms with E-state index in [9.17, 15) is 5.26 Å². The molecule has 0 bridgehead atoms. The number of hydrogen-bond donors (Lipinski definition) is 0. The van der Waals surface area contributed by atoms with Crippen LogP contribution in [-0.2, 0) is 6.42 Å². The van der Waals surface area contributed by atoms with Crippen molar-refractivity contribution in [2.24, 2.45) is 0 Å². The lowest BCUT2D eigenvalue weighted by molar-refractivity contribution is 0.834. The zero-order valence-corrected chi connectivity index (χ0v) is 11.8. The number of hydrogen-bond acceptors (Lipinski definition) is 1. The van der Waals surface area contributed by atoms with Gasteiger partial charge in [-0.3, -0.25) is 0 Å². The number of benzene rings is 2. The Kier molecular flexibility index (Phi) is 4.02. The fraction of sp³-hybridized carbons (Fsp3) is 0.278. The summed E-state index contributed by atoms with van der Waals surface area (Å²) in [5.74, 6) is -0.0685. The lowest BCUT2D eigenvalue weighted by atomic mass is 9.88. The Labute approximate surface area is 115 Å². The van der Waals surface area contributed by atoms with E-state index < -0.39 is 0 Å². The molecule has 0 heterocycles. The minimum absolute atomic E-state index is 0.0685. The highest BCUT2D eigenvalue weighted by atomic mass is 14.3. The van der Waals surface area contributed by atoms with E-state index in [1.54, 1.807) is 0 Å². The van der Waals surface area contributed by atoms with Crippen LogP contribution in [0.4, 0.5) is 0 Å². The predicted molar refractivity (Wildman–Crippen MR) is 79.2 cm³/mol. The van der Waals surface area contributed by atoms with Gasteiger partial charge in [0.2, 0.25) is 0 Å². The Hall–Kier alpha value is -2.07. The van der Waals surface area contributed by atoms with Gasteiger partial charge in [-0.1, -0.05) is 48.0 Å². The topological polar surface area (TPSA) is 23.8 Å². The molecule has 0 spiro atoms. The number of rotatable bonds is 3.